The maximum atomic E-state index is 14.3. The van der Waals surface area contributed by atoms with Gasteiger partial charge in [0.1, 0.15) is 5.75 Å². The zero-order chi connectivity index (χ0) is 21.6. The molecule has 0 saturated carbocycles. The summed E-state index contributed by atoms with van der Waals surface area (Å²) in [6.07, 6.45) is 6.63. The standard InChI is InChI=1S/C23H18ClFN2O4/c24-17-12-21-22(30-10-2-9-29-21)13-19(17)27-23(28)7-5-15-4-6-20(18(25)11-15)31-16-3-1-8-26-14-16/h1,3-8,11-14H,2,9-10H2,(H,27,28)/b7-5+. The summed E-state index contributed by atoms with van der Waals surface area (Å²) < 4.78 is 31.0. The van der Waals surface area contributed by atoms with Gasteiger partial charge in [0, 0.05) is 30.8 Å². The van der Waals surface area contributed by atoms with Crippen molar-refractivity contribution in [2.24, 2.45) is 0 Å². The Hall–Kier alpha value is -3.58. The molecule has 31 heavy (non-hydrogen) atoms. The molecule has 1 aliphatic heterocycles. The average Bonchev–Trinajstić information content (AvgIpc) is 3.00. The molecule has 1 amide bonds. The summed E-state index contributed by atoms with van der Waals surface area (Å²) in [6, 6.07) is 11.0. The Labute approximate surface area is 183 Å². The number of benzene rings is 2. The van der Waals surface area contributed by atoms with Gasteiger partial charge in [-0.2, -0.15) is 0 Å². The van der Waals surface area contributed by atoms with Gasteiger partial charge in [-0.3, -0.25) is 9.78 Å². The third-order valence-electron chi connectivity index (χ3n) is 4.34. The lowest BCUT2D eigenvalue weighted by Gasteiger charge is -2.11. The van der Waals surface area contributed by atoms with Crippen molar-refractivity contribution in [3.63, 3.8) is 0 Å². The molecule has 6 nitrogen and oxygen atoms in total. The van der Waals surface area contributed by atoms with Gasteiger partial charge in [0.15, 0.2) is 23.1 Å². The molecule has 0 unspecified atom stereocenters. The lowest BCUT2D eigenvalue weighted by atomic mass is 10.2. The van der Waals surface area contributed by atoms with E-state index in [-0.39, 0.29) is 5.75 Å². The van der Waals surface area contributed by atoms with E-state index in [1.807, 2.05) is 0 Å². The van der Waals surface area contributed by atoms with Gasteiger partial charge in [-0.1, -0.05) is 17.7 Å². The molecule has 0 fully saturated rings. The minimum absolute atomic E-state index is 0.0635. The van der Waals surface area contributed by atoms with Crippen LogP contribution in [0.1, 0.15) is 12.0 Å². The number of fused-ring (bicyclic) bond motifs is 1. The molecular weight excluding hydrogens is 423 g/mol. The number of hydrogen-bond donors (Lipinski definition) is 1. The number of nitrogens with zero attached hydrogens (tertiary/aromatic N) is 1. The van der Waals surface area contributed by atoms with E-state index in [1.54, 1.807) is 36.5 Å². The Morgan fingerprint density at radius 2 is 1.97 bits per heavy atom. The van der Waals surface area contributed by atoms with Crippen LogP contribution >= 0.6 is 11.6 Å². The first kappa shape index (κ1) is 20.7. The number of amides is 1. The van der Waals surface area contributed by atoms with Crippen LogP contribution < -0.4 is 19.5 Å². The van der Waals surface area contributed by atoms with Crippen molar-refractivity contribution in [2.75, 3.05) is 18.5 Å². The number of carbonyl (C=O) groups excluding carboxylic acids is 1. The molecule has 3 aromatic rings. The number of ether oxygens (including phenoxy) is 3. The van der Waals surface area contributed by atoms with Gasteiger partial charge in [0.2, 0.25) is 5.91 Å². The highest BCUT2D eigenvalue weighted by atomic mass is 35.5. The van der Waals surface area contributed by atoms with Crippen molar-refractivity contribution in [1.82, 2.24) is 4.98 Å². The number of aromatic nitrogens is 1. The van der Waals surface area contributed by atoms with Crippen LogP contribution in [0.3, 0.4) is 0 Å². The van der Waals surface area contributed by atoms with Crippen LogP contribution in [0.2, 0.25) is 5.02 Å². The first-order chi connectivity index (χ1) is 15.1. The van der Waals surface area contributed by atoms with Crippen molar-refractivity contribution >= 4 is 29.3 Å². The molecule has 1 aliphatic rings. The topological polar surface area (TPSA) is 69.7 Å². The molecule has 4 rings (SSSR count). The number of anilines is 1. The Morgan fingerprint density at radius 3 is 2.71 bits per heavy atom. The lowest BCUT2D eigenvalue weighted by Crippen LogP contribution is -2.08. The van der Waals surface area contributed by atoms with Crippen molar-refractivity contribution in [3.8, 4) is 23.0 Å². The van der Waals surface area contributed by atoms with E-state index >= 15 is 0 Å². The first-order valence-corrected chi connectivity index (χ1v) is 9.92. The van der Waals surface area contributed by atoms with Crippen LogP contribution in [0.15, 0.2) is 60.9 Å². The smallest absolute Gasteiger partial charge is 0.248 e. The van der Waals surface area contributed by atoms with Crippen LogP contribution in [0.4, 0.5) is 10.1 Å². The summed E-state index contributed by atoms with van der Waals surface area (Å²) in [7, 11) is 0. The summed E-state index contributed by atoms with van der Waals surface area (Å²) in [5, 5.41) is 3.02. The van der Waals surface area contributed by atoms with Crippen molar-refractivity contribution < 1.29 is 23.4 Å². The van der Waals surface area contributed by atoms with E-state index in [0.29, 0.717) is 46.7 Å². The summed E-state index contributed by atoms with van der Waals surface area (Å²) in [5.74, 6) is 0.571. The van der Waals surface area contributed by atoms with Crippen molar-refractivity contribution in [1.29, 1.82) is 0 Å². The van der Waals surface area contributed by atoms with E-state index in [1.165, 1.54) is 30.5 Å². The van der Waals surface area contributed by atoms with Crippen LogP contribution in [0.5, 0.6) is 23.0 Å². The fourth-order valence-corrected chi connectivity index (χ4v) is 3.06. The molecule has 8 heteroatoms. The molecule has 0 bridgehead atoms. The zero-order valence-corrected chi connectivity index (χ0v) is 17.1. The zero-order valence-electron chi connectivity index (χ0n) is 16.3. The largest absolute Gasteiger partial charge is 0.490 e. The van der Waals surface area contributed by atoms with Crippen molar-refractivity contribution in [2.45, 2.75) is 6.42 Å². The fourth-order valence-electron chi connectivity index (χ4n) is 2.86. The molecule has 0 saturated heterocycles. The van der Waals surface area contributed by atoms with E-state index < -0.39 is 11.7 Å². The molecule has 2 heterocycles. The normalized spacial score (nSPS) is 13.0. The van der Waals surface area contributed by atoms with Crippen LogP contribution in [0.25, 0.3) is 6.08 Å². The Morgan fingerprint density at radius 1 is 1.16 bits per heavy atom. The molecular formula is C23H18ClFN2O4. The summed E-state index contributed by atoms with van der Waals surface area (Å²) in [5.41, 5.74) is 0.892. The molecule has 0 spiro atoms. The molecule has 1 aromatic heterocycles. The number of nitrogens with one attached hydrogen (secondary N) is 1. The second kappa shape index (κ2) is 9.49. The highest BCUT2D eigenvalue weighted by Crippen LogP contribution is 2.37. The van der Waals surface area contributed by atoms with Gasteiger partial charge in [0.05, 0.1) is 30.1 Å². The second-order valence-electron chi connectivity index (χ2n) is 6.63. The van der Waals surface area contributed by atoms with Gasteiger partial charge in [-0.25, -0.2) is 4.39 Å². The molecule has 2 aromatic carbocycles. The van der Waals surface area contributed by atoms with Crippen LogP contribution in [-0.2, 0) is 4.79 Å². The predicted octanol–water partition coefficient (Wildman–Crippen LogP) is 5.48. The molecule has 158 valence electrons. The molecule has 0 radical (unpaired) electrons. The third-order valence-corrected chi connectivity index (χ3v) is 4.65. The highest BCUT2D eigenvalue weighted by molar-refractivity contribution is 6.34. The fraction of sp³-hybridized carbons (Fsp3) is 0.130. The third kappa shape index (κ3) is 5.32. The monoisotopic (exact) mass is 440 g/mol. The second-order valence-corrected chi connectivity index (χ2v) is 7.04. The quantitative estimate of drug-likeness (QED) is 0.532. The number of halogens is 2. The van der Waals surface area contributed by atoms with E-state index in [4.69, 9.17) is 25.8 Å². The molecule has 0 aliphatic carbocycles. The van der Waals surface area contributed by atoms with E-state index in [9.17, 15) is 9.18 Å². The van der Waals surface area contributed by atoms with Crippen LogP contribution in [-0.4, -0.2) is 24.1 Å². The minimum Gasteiger partial charge on any atom is -0.490 e. The highest BCUT2D eigenvalue weighted by Gasteiger charge is 2.15. The number of hydrogen-bond acceptors (Lipinski definition) is 5. The van der Waals surface area contributed by atoms with Gasteiger partial charge in [0.25, 0.3) is 0 Å². The minimum atomic E-state index is -0.558. The Kier molecular flexibility index (Phi) is 6.33. The van der Waals surface area contributed by atoms with E-state index in [2.05, 4.69) is 10.3 Å². The summed E-state index contributed by atoms with van der Waals surface area (Å²) >= 11 is 6.24. The SMILES string of the molecule is O=C(/C=C/c1ccc(Oc2cccnc2)c(F)c1)Nc1cc2c(cc1Cl)OCCCO2. The summed E-state index contributed by atoms with van der Waals surface area (Å²) in [4.78, 5) is 16.2. The Balaban J connectivity index is 1.42. The first-order valence-electron chi connectivity index (χ1n) is 9.54. The maximum Gasteiger partial charge on any atom is 0.248 e. The lowest BCUT2D eigenvalue weighted by molar-refractivity contribution is -0.111. The van der Waals surface area contributed by atoms with Gasteiger partial charge < -0.3 is 19.5 Å². The maximum absolute atomic E-state index is 14.3. The Bertz CT molecular complexity index is 1120. The van der Waals surface area contributed by atoms with Crippen LogP contribution in [0, 0.1) is 5.82 Å². The van der Waals surface area contributed by atoms with E-state index in [0.717, 1.165) is 6.42 Å². The number of rotatable bonds is 5. The number of pyridine rings is 1. The molecule has 0 atom stereocenters. The van der Waals surface area contributed by atoms with Gasteiger partial charge in [-0.15, -0.1) is 0 Å². The predicted molar refractivity (Wildman–Crippen MR) is 115 cm³/mol. The molecule has 1 N–H and O–H groups in total. The van der Waals surface area contributed by atoms with Gasteiger partial charge in [-0.05, 0) is 35.9 Å². The number of carbonyl (C=O) groups is 1. The van der Waals surface area contributed by atoms with Gasteiger partial charge >= 0.3 is 0 Å². The average molecular weight is 441 g/mol. The summed E-state index contributed by atoms with van der Waals surface area (Å²) in [6.45, 7) is 1.06. The van der Waals surface area contributed by atoms with Crippen molar-refractivity contribution in [3.05, 3.63) is 77.3 Å².